The summed E-state index contributed by atoms with van der Waals surface area (Å²) in [6.45, 7) is 0.480. The van der Waals surface area contributed by atoms with Crippen molar-refractivity contribution >= 4 is 43.4 Å². The summed E-state index contributed by atoms with van der Waals surface area (Å²) in [5.74, 6) is 1.12. The van der Waals surface area contributed by atoms with E-state index in [1.165, 1.54) is 12.5 Å². The van der Waals surface area contributed by atoms with Crippen molar-refractivity contribution in [2.24, 2.45) is 0 Å². The molecular formula is C11H15BrN2O2S2. The minimum atomic E-state index is -3.49. The van der Waals surface area contributed by atoms with Gasteiger partial charge in [-0.25, -0.2) is 13.1 Å². The number of sulfonamides is 1. The number of rotatable bonds is 4. The Morgan fingerprint density at radius 1 is 1.50 bits per heavy atom. The summed E-state index contributed by atoms with van der Waals surface area (Å²) < 4.78 is 27.5. The molecule has 1 aromatic carbocycles. The summed E-state index contributed by atoms with van der Waals surface area (Å²) in [6, 6.07) is 4.78. The molecule has 1 aliphatic heterocycles. The molecule has 1 saturated heterocycles. The Balaban J connectivity index is 2.12. The molecule has 1 aromatic rings. The van der Waals surface area contributed by atoms with Crippen LogP contribution in [-0.4, -0.2) is 26.0 Å². The van der Waals surface area contributed by atoms with Crippen LogP contribution in [0.3, 0.4) is 0 Å². The summed E-state index contributed by atoms with van der Waals surface area (Å²) in [5, 5.41) is 0.389. The predicted octanol–water partition coefficient (Wildman–Crippen LogP) is 2.21. The van der Waals surface area contributed by atoms with E-state index >= 15 is 0 Å². The van der Waals surface area contributed by atoms with Crippen molar-refractivity contribution in [2.45, 2.75) is 23.0 Å². The van der Waals surface area contributed by atoms with Crippen LogP contribution in [0.1, 0.15) is 12.8 Å². The van der Waals surface area contributed by atoms with Crippen LogP contribution in [0.15, 0.2) is 27.6 Å². The number of anilines is 1. The molecule has 1 unspecified atom stereocenters. The largest absolute Gasteiger partial charge is 0.399 e. The van der Waals surface area contributed by atoms with Gasteiger partial charge in [-0.05, 0) is 52.7 Å². The molecule has 3 N–H and O–H groups in total. The second kappa shape index (κ2) is 5.81. The highest BCUT2D eigenvalue weighted by atomic mass is 79.9. The highest BCUT2D eigenvalue weighted by Crippen LogP contribution is 2.27. The van der Waals surface area contributed by atoms with E-state index in [2.05, 4.69) is 20.7 Å². The van der Waals surface area contributed by atoms with Gasteiger partial charge in [-0.15, -0.1) is 0 Å². The lowest BCUT2D eigenvalue weighted by Crippen LogP contribution is -2.30. The standard InChI is InChI=1S/C11H15BrN2O2S2/c12-10-4-3-8(13)6-11(10)18(15,16)14-7-9-2-1-5-17-9/h3-4,6,9,14H,1-2,5,7,13H2. The number of hydrogen-bond donors (Lipinski definition) is 2. The lowest BCUT2D eigenvalue weighted by Gasteiger charge is -2.12. The number of nitrogens with one attached hydrogen (secondary N) is 1. The maximum absolute atomic E-state index is 12.2. The van der Waals surface area contributed by atoms with Crippen molar-refractivity contribution in [3.8, 4) is 0 Å². The third kappa shape index (κ3) is 3.40. The fourth-order valence-electron chi connectivity index (χ4n) is 1.81. The highest BCUT2D eigenvalue weighted by Gasteiger charge is 2.21. The monoisotopic (exact) mass is 350 g/mol. The second-order valence-electron chi connectivity index (χ2n) is 4.18. The maximum atomic E-state index is 12.2. The molecule has 0 aromatic heterocycles. The second-order valence-corrected chi connectivity index (χ2v) is 8.17. The molecule has 0 radical (unpaired) electrons. The van der Waals surface area contributed by atoms with E-state index in [0.29, 0.717) is 22.0 Å². The van der Waals surface area contributed by atoms with Gasteiger partial charge in [0.05, 0.1) is 4.90 Å². The molecule has 1 fully saturated rings. The number of thioether (sulfide) groups is 1. The molecule has 1 aliphatic rings. The fraction of sp³-hybridized carbons (Fsp3) is 0.455. The molecule has 100 valence electrons. The van der Waals surface area contributed by atoms with Crippen LogP contribution in [0.2, 0.25) is 0 Å². The van der Waals surface area contributed by atoms with Crippen molar-refractivity contribution in [1.29, 1.82) is 0 Å². The van der Waals surface area contributed by atoms with Gasteiger partial charge >= 0.3 is 0 Å². The molecule has 0 aliphatic carbocycles. The quantitative estimate of drug-likeness (QED) is 0.816. The third-order valence-electron chi connectivity index (χ3n) is 2.77. The Bertz CT molecular complexity index is 528. The number of hydrogen-bond acceptors (Lipinski definition) is 4. The summed E-state index contributed by atoms with van der Waals surface area (Å²) in [5.41, 5.74) is 6.06. The van der Waals surface area contributed by atoms with Crippen LogP contribution >= 0.6 is 27.7 Å². The molecule has 0 amide bonds. The Morgan fingerprint density at radius 2 is 2.28 bits per heavy atom. The average Bonchev–Trinajstić information content (AvgIpc) is 2.83. The number of benzene rings is 1. The van der Waals surface area contributed by atoms with E-state index < -0.39 is 10.0 Å². The van der Waals surface area contributed by atoms with Crippen molar-refractivity contribution in [2.75, 3.05) is 18.0 Å². The first-order chi connectivity index (χ1) is 8.49. The Kier molecular flexibility index (Phi) is 4.58. The molecule has 4 nitrogen and oxygen atoms in total. The Morgan fingerprint density at radius 3 is 2.94 bits per heavy atom. The lowest BCUT2D eigenvalue weighted by atomic mass is 10.2. The lowest BCUT2D eigenvalue weighted by molar-refractivity contribution is 0.578. The molecule has 0 spiro atoms. The van der Waals surface area contributed by atoms with E-state index in [9.17, 15) is 8.42 Å². The molecular weight excluding hydrogens is 336 g/mol. The molecule has 2 rings (SSSR count). The van der Waals surface area contributed by atoms with Gasteiger partial charge in [0.2, 0.25) is 10.0 Å². The highest BCUT2D eigenvalue weighted by molar-refractivity contribution is 9.10. The van der Waals surface area contributed by atoms with Crippen molar-refractivity contribution in [3.05, 3.63) is 22.7 Å². The smallest absolute Gasteiger partial charge is 0.241 e. The van der Waals surface area contributed by atoms with Gasteiger partial charge in [-0.2, -0.15) is 11.8 Å². The zero-order chi connectivity index (χ0) is 13.2. The number of nitrogens with two attached hydrogens (primary N) is 1. The minimum absolute atomic E-state index is 0.200. The van der Waals surface area contributed by atoms with Crippen molar-refractivity contribution < 1.29 is 8.42 Å². The SMILES string of the molecule is Nc1ccc(Br)c(S(=O)(=O)NCC2CCCS2)c1. The minimum Gasteiger partial charge on any atom is -0.399 e. The van der Waals surface area contributed by atoms with Crippen LogP contribution in [-0.2, 0) is 10.0 Å². The van der Waals surface area contributed by atoms with Crippen LogP contribution in [0.4, 0.5) is 5.69 Å². The summed E-state index contributed by atoms with van der Waals surface area (Å²) >= 11 is 5.06. The van der Waals surface area contributed by atoms with Crippen molar-refractivity contribution in [1.82, 2.24) is 4.72 Å². The van der Waals surface area contributed by atoms with Gasteiger partial charge in [0, 0.05) is 22.0 Å². The van der Waals surface area contributed by atoms with E-state index in [1.54, 1.807) is 12.1 Å². The Labute approximate surface area is 120 Å². The summed E-state index contributed by atoms with van der Waals surface area (Å²) in [6.07, 6.45) is 2.24. The van der Waals surface area contributed by atoms with Gasteiger partial charge < -0.3 is 5.73 Å². The topological polar surface area (TPSA) is 72.2 Å². The van der Waals surface area contributed by atoms with Crippen LogP contribution in [0, 0.1) is 0 Å². The van der Waals surface area contributed by atoms with Gasteiger partial charge in [0.25, 0.3) is 0 Å². The molecule has 7 heteroatoms. The van der Waals surface area contributed by atoms with Crippen molar-refractivity contribution in [3.63, 3.8) is 0 Å². The fourth-order valence-corrected chi connectivity index (χ4v) is 5.20. The summed E-state index contributed by atoms with van der Waals surface area (Å²) in [4.78, 5) is 0.200. The first-order valence-electron chi connectivity index (χ1n) is 5.65. The summed E-state index contributed by atoms with van der Waals surface area (Å²) in [7, 11) is -3.49. The maximum Gasteiger partial charge on any atom is 0.241 e. The first-order valence-corrected chi connectivity index (χ1v) is 8.98. The van der Waals surface area contributed by atoms with E-state index in [0.717, 1.165) is 12.2 Å². The number of halogens is 1. The van der Waals surface area contributed by atoms with E-state index in [1.807, 2.05) is 11.8 Å². The molecule has 0 saturated carbocycles. The van der Waals surface area contributed by atoms with E-state index in [-0.39, 0.29) is 4.90 Å². The van der Waals surface area contributed by atoms with Gasteiger partial charge in [-0.3, -0.25) is 0 Å². The van der Waals surface area contributed by atoms with Crippen LogP contribution in [0.5, 0.6) is 0 Å². The molecule has 1 heterocycles. The molecule has 18 heavy (non-hydrogen) atoms. The van der Waals surface area contributed by atoms with Gasteiger partial charge in [0.15, 0.2) is 0 Å². The molecule has 1 atom stereocenters. The Hall–Kier alpha value is -0.240. The third-order valence-corrected chi connectivity index (χ3v) is 6.59. The van der Waals surface area contributed by atoms with Crippen LogP contribution < -0.4 is 10.5 Å². The van der Waals surface area contributed by atoms with E-state index in [4.69, 9.17) is 5.73 Å². The predicted molar refractivity (Wildman–Crippen MR) is 79.2 cm³/mol. The van der Waals surface area contributed by atoms with Gasteiger partial charge in [-0.1, -0.05) is 0 Å². The average molecular weight is 351 g/mol. The first kappa shape index (κ1) is 14.2. The zero-order valence-corrected chi connectivity index (χ0v) is 12.9. The normalized spacial score (nSPS) is 20.2. The zero-order valence-electron chi connectivity index (χ0n) is 9.73. The van der Waals surface area contributed by atoms with Gasteiger partial charge in [0.1, 0.15) is 0 Å². The number of nitrogen functional groups attached to an aromatic ring is 1. The van der Waals surface area contributed by atoms with Crippen LogP contribution in [0.25, 0.3) is 0 Å². The molecule has 0 bridgehead atoms.